The summed E-state index contributed by atoms with van der Waals surface area (Å²) in [5, 5.41) is 1.98. The molecule has 0 radical (unpaired) electrons. The van der Waals surface area contributed by atoms with Crippen molar-refractivity contribution in [1.82, 2.24) is 4.98 Å². The van der Waals surface area contributed by atoms with E-state index in [-0.39, 0.29) is 0 Å². The van der Waals surface area contributed by atoms with E-state index in [1.165, 1.54) is 5.56 Å². The monoisotopic (exact) mass is 604 g/mol. The molecule has 0 saturated heterocycles. The number of oxazole rings is 1. The van der Waals surface area contributed by atoms with Gasteiger partial charge in [0, 0.05) is 27.6 Å². The van der Waals surface area contributed by atoms with Crippen LogP contribution in [0.1, 0.15) is 0 Å². The minimum atomic E-state index is 0.577. The Morgan fingerprint density at radius 2 is 1.04 bits per heavy atom. The Kier molecular flexibility index (Phi) is 6.43. The van der Waals surface area contributed by atoms with Crippen molar-refractivity contribution in [2.75, 3.05) is 4.90 Å². The van der Waals surface area contributed by atoms with Gasteiger partial charge in [0.1, 0.15) is 11.1 Å². The van der Waals surface area contributed by atoms with Gasteiger partial charge in [-0.25, -0.2) is 4.98 Å². The smallest absolute Gasteiger partial charge is 0.228 e. The second-order valence-electron chi connectivity index (χ2n) is 11.6. The van der Waals surface area contributed by atoms with Gasteiger partial charge >= 0.3 is 0 Å². The van der Waals surface area contributed by atoms with Crippen LogP contribution in [0.15, 0.2) is 179 Å². The first-order valence-corrected chi connectivity index (χ1v) is 15.7. The van der Waals surface area contributed by atoms with Crippen LogP contribution in [0.3, 0.4) is 0 Å². The zero-order valence-electron chi connectivity index (χ0n) is 25.4. The molecule has 222 valence electrons. The Morgan fingerprint density at radius 1 is 0.426 bits per heavy atom. The van der Waals surface area contributed by atoms with Crippen LogP contribution in [0.4, 0.5) is 17.1 Å². The van der Waals surface area contributed by atoms with E-state index < -0.39 is 0 Å². The van der Waals surface area contributed by atoms with E-state index >= 15 is 0 Å². The van der Waals surface area contributed by atoms with Crippen LogP contribution in [0, 0.1) is 0 Å². The maximum atomic E-state index is 6.77. The molecule has 0 amide bonds. The predicted octanol–water partition coefficient (Wildman–Crippen LogP) is 12.2. The maximum absolute atomic E-state index is 6.77. The fourth-order valence-corrected chi connectivity index (χ4v) is 6.55. The minimum Gasteiger partial charge on any atom is -0.454 e. The molecule has 7 aromatic carbocycles. The van der Waals surface area contributed by atoms with Gasteiger partial charge in [0.2, 0.25) is 5.89 Å². The van der Waals surface area contributed by atoms with Gasteiger partial charge in [0.15, 0.2) is 11.2 Å². The van der Waals surface area contributed by atoms with Gasteiger partial charge in [-0.15, -0.1) is 0 Å². The third-order valence-electron chi connectivity index (χ3n) is 8.73. The lowest BCUT2D eigenvalue weighted by molar-refractivity contribution is 0.620. The van der Waals surface area contributed by atoms with Crippen LogP contribution in [-0.4, -0.2) is 4.98 Å². The molecule has 4 nitrogen and oxygen atoms in total. The summed E-state index contributed by atoms with van der Waals surface area (Å²) < 4.78 is 13.0. The number of rotatable bonds is 6. The van der Waals surface area contributed by atoms with E-state index in [2.05, 4.69) is 132 Å². The Bertz CT molecular complexity index is 2480. The number of anilines is 3. The summed E-state index contributed by atoms with van der Waals surface area (Å²) in [7, 11) is 0. The number of nitrogens with zero attached hydrogens (tertiary/aromatic N) is 2. The number of hydrogen-bond acceptors (Lipinski definition) is 4. The van der Waals surface area contributed by atoms with E-state index in [0.717, 1.165) is 72.4 Å². The van der Waals surface area contributed by atoms with Crippen molar-refractivity contribution in [3.63, 3.8) is 0 Å². The van der Waals surface area contributed by atoms with Crippen LogP contribution >= 0.6 is 0 Å². The maximum Gasteiger partial charge on any atom is 0.228 e. The first-order valence-electron chi connectivity index (χ1n) is 15.7. The van der Waals surface area contributed by atoms with E-state index in [4.69, 9.17) is 13.8 Å². The van der Waals surface area contributed by atoms with Crippen LogP contribution < -0.4 is 4.90 Å². The number of aromatic nitrogens is 1. The first-order chi connectivity index (χ1) is 23.3. The fourth-order valence-electron chi connectivity index (χ4n) is 6.55. The number of para-hydroxylation sites is 4. The largest absolute Gasteiger partial charge is 0.454 e. The van der Waals surface area contributed by atoms with Gasteiger partial charge in [-0.05, 0) is 65.2 Å². The molecular weight excluding hydrogens is 576 g/mol. The standard InChI is InChI=1S/C43H28N2O2/c1-3-13-29(14-4-1)30-25-27-32(28-26-30)45(37-21-9-7-17-33(37)31-15-5-2-6-16-31)38-22-11-18-34-41-35(19-12-24-40(41)46-42(34)38)43-44-36-20-8-10-23-39(36)47-43/h1-28H. The van der Waals surface area contributed by atoms with Gasteiger partial charge < -0.3 is 13.7 Å². The lowest BCUT2D eigenvalue weighted by Crippen LogP contribution is -2.11. The highest BCUT2D eigenvalue weighted by Crippen LogP contribution is 2.47. The van der Waals surface area contributed by atoms with Crippen LogP contribution in [0.2, 0.25) is 0 Å². The molecule has 0 aliphatic rings. The Hall–Kier alpha value is -6.39. The van der Waals surface area contributed by atoms with Crippen molar-refractivity contribution in [1.29, 1.82) is 0 Å². The quantitative estimate of drug-likeness (QED) is 0.189. The molecular formula is C43H28N2O2. The first kappa shape index (κ1) is 27.0. The van der Waals surface area contributed by atoms with E-state index in [9.17, 15) is 0 Å². The number of furan rings is 1. The number of fused-ring (bicyclic) bond motifs is 4. The van der Waals surface area contributed by atoms with Crippen molar-refractivity contribution in [3.8, 4) is 33.7 Å². The highest BCUT2D eigenvalue weighted by Gasteiger charge is 2.23. The molecule has 0 aliphatic carbocycles. The predicted molar refractivity (Wildman–Crippen MR) is 192 cm³/mol. The van der Waals surface area contributed by atoms with Crippen molar-refractivity contribution in [2.45, 2.75) is 0 Å². The molecule has 0 fully saturated rings. The Balaban J connectivity index is 1.28. The molecule has 4 heteroatoms. The van der Waals surface area contributed by atoms with Crippen molar-refractivity contribution in [2.24, 2.45) is 0 Å². The number of benzene rings is 7. The van der Waals surface area contributed by atoms with Crippen LogP contribution in [0.25, 0.3) is 66.7 Å². The molecule has 9 rings (SSSR count). The highest BCUT2D eigenvalue weighted by molar-refractivity contribution is 6.15. The summed E-state index contributed by atoms with van der Waals surface area (Å²) in [6.45, 7) is 0. The second-order valence-corrected chi connectivity index (χ2v) is 11.6. The molecule has 0 unspecified atom stereocenters. The summed E-state index contributed by atoms with van der Waals surface area (Å²) in [6.07, 6.45) is 0. The lowest BCUT2D eigenvalue weighted by Gasteiger charge is -2.28. The summed E-state index contributed by atoms with van der Waals surface area (Å²) in [4.78, 5) is 7.14. The Morgan fingerprint density at radius 3 is 1.85 bits per heavy atom. The second kappa shape index (κ2) is 11.2. The molecule has 0 aliphatic heterocycles. The summed E-state index contributed by atoms with van der Waals surface area (Å²) in [5.41, 5.74) is 11.7. The third-order valence-corrected chi connectivity index (χ3v) is 8.73. The molecule has 0 spiro atoms. The highest BCUT2D eigenvalue weighted by atomic mass is 16.3. The summed E-state index contributed by atoms with van der Waals surface area (Å²) >= 11 is 0. The molecule has 2 aromatic heterocycles. The van der Waals surface area contributed by atoms with Crippen molar-refractivity contribution >= 4 is 50.1 Å². The SMILES string of the molecule is c1ccc(-c2ccc(N(c3ccccc3-c3ccccc3)c3cccc4c3oc3cccc(-c5nc6ccccc6o5)c34)cc2)cc1. The zero-order valence-corrected chi connectivity index (χ0v) is 25.4. The Labute approximate surface area is 271 Å². The molecule has 0 saturated carbocycles. The van der Waals surface area contributed by atoms with Crippen LogP contribution in [0.5, 0.6) is 0 Å². The van der Waals surface area contributed by atoms with Gasteiger partial charge in [-0.3, -0.25) is 0 Å². The average Bonchev–Trinajstić information content (AvgIpc) is 3.76. The molecule has 2 heterocycles. The van der Waals surface area contributed by atoms with Crippen LogP contribution in [-0.2, 0) is 0 Å². The summed E-state index contributed by atoms with van der Waals surface area (Å²) in [6, 6.07) is 58.6. The average molecular weight is 605 g/mol. The van der Waals surface area contributed by atoms with Gasteiger partial charge in [0.05, 0.1) is 11.4 Å². The normalized spacial score (nSPS) is 11.4. The summed E-state index contributed by atoms with van der Waals surface area (Å²) in [5.74, 6) is 0.577. The molecule has 0 bridgehead atoms. The third kappa shape index (κ3) is 4.66. The van der Waals surface area contributed by atoms with Gasteiger partial charge in [0.25, 0.3) is 0 Å². The fraction of sp³-hybridized carbons (Fsp3) is 0. The minimum absolute atomic E-state index is 0.577. The molecule has 0 N–H and O–H groups in total. The molecule has 9 aromatic rings. The molecule has 47 heavy (non-hydrogen) atoms. The van der Waals surface area contributed by atoms with Crippen molar-refractivity contribution < 1.29 is 8.83 Å². The van der Waals surface area contributed by atoms with Crippen molar-refractivity contribution in [3.05, 3.63) is 170 Å². The zero-order chi connectivity index (χ0) is 31.2. The van der Waals surface area contributed by atoms with Gasteiger partial charge in [-0.2, -0.15) is 0 Å². The molecule has 0 atom stereocenters. The van der Waals surface area contributed by atoms with E-state index in [1.54, 1.807) is 0 Å². The van der Waals surface area contributed by atoms with E-state index in [1.807, 2.05) is 42.5 Å². The number of hydrogen-bond donors (Lipinski definition) is 0. The van der Waals surface area contributed by atoms with Gasteiger partial charge in [-0.1, -0.05) is 121 Å². The van der Waals surface area contributed by atoms with E-state index in [0.29, 0.717) is 5.89 Å². The topological polar surface area (TPSA) is 42.4 Å². The lowest BCUT2D eigenvalue weighted by atomic mass is 10.0.